The van der Waals surface area contributed by atoms with E-state index >= 15 is 0 Å². The van der Waals surface area contributed by atoms with E-state index in [2.05, 4.69) is 36.2 Å². The van der Waals surface area contributed by atoms with Gasteiger partial charge in [0, 0.05) is 23.4 Å². The number of imidazole rings is 2. The predicted octanol–water partition coefficient (Wildman–Crippen LogP) is 7.13. The maximum atomic E-state index is 14.9. The second-order valence-corrected chi connectivity index (χ2v) is 11.2. The van der Waals surface area contributed by atoms with Crippen molar-refractivity contribution in [1.29, 1.82) is 0 Å². The van der Waals surface area contributed by atoms with Crippen LogP contribution in [-0.2, 0) is 4.74 Å². The summed E-state index contributed by atoms with van der Waals surface area (Å²) in [4.78, 5) is 38.2. The third-order valence-electron chi connectivity index (χ3n) is 7.62. The third-order valence-corrected chi connectivity index (χ3v) is 8.21. The van der Waals surface area contributed by atoms with Crippen molar-refractivity contribution in [2.75, 3.05) is 7.11 Å². The average Bonchev–Trinajstić information content (AvgIpc) is 3.83. The van der Waals surface area contributed by atoms with Crippen LogP contribution in [0.15, 0.2) is 102 Å². The molecule has 0 fully saturated rings. The molecule has 46 heavy (non-hydrogen) atoms. The molecule has 1 aliphatic heterocycles. The topological polar surface area (TPSA) is 116 Å². The molecule has 0 saturated heterocycles. The summed E-state index contributed by atoms with van der Waals surface area (Å²) in [5.41, 5.74) is 3.19. The molecule has 2 atom stereocenters. The molecule has 7 rings (SSSR count). The Balaban J connectivity index is 1.22. The molecule has 13 heteroatoms. The number of benzene rings is 3. The normalized spacial score (nSPS) is 14.1. The second kappa shape index (κ2) is 11.7. The van der Waals surface area contributed by atoms with Gasteiger partial charge in [-0.25, -0.2) is 23.5 Å². The quantitative estimate of drug-likeness (QED) is 0.193. The van der Waals surface area contributed by atoms with Gasteiger partial charge in [-0.05, 0) is 57.9 Å². The minimum atomic E-state index is -1.02. The Hall–Kier alpha value is -5.56. The molecule has 0 aliphatic carbocycles. The van der Waals surface area contributed by atoms with Gasteiger partial charge in [-0.3, -0.25) is 13.9 Å². The van der Waals surface area contributed by atoms with Crippen LogP contribution in [0.2, 0.25) is 0 Å². The van der Waals surface area contributed by atoms with Crippen molar-refractivity contribution in [2.24, 2.45) is 0 Å². The third kappa shape index (κ3) is 5.13. The highest BCUT2D eigenvalue weighted by atomic mass is 79.9. The zero-order valence-corrected chi connectivity index (χ0v) is 25.5. The molecule has 0 unspecified atom stereocenters. The Labute approximate surface area is 268 Å². The first-order valence-corrected chi connectivity index (χ1v) is 14.8. The highest BCUT2D eigenvalue weighted by Crippen LogP contribution is 2.44. The van der Waals surface area contributed by atoms with Crippen molar-refractivity contribution >= 4 is 27.9 Å². The Kier molecular flexibility index (Phi) is 7.45. The first-order chi connectivity index (χ1) is 22.3. The molecule has 0 spiro atoms. The lowest BCUT2D eigenvalue weighted by Gasteiger charge is -2.29. The highest BCUT2D eigenvalue weighted by molar-refractivity contribution is 9.10. The summed E-state index contributed by atoms with van der Waals surface area (Å²) in [6.07, 6.45) is 3.12. The van der Waals surface area contributed by atoms with Gasteiger partial charge < -0.3 is 19.8 Å². The lowest BCUT2D eigenvalue weighted by atomic mass is 10.1. The van der Waals surface area contributed by atoms with Crippen LogP contribution in [-0.4, -0.2) is 43.2 Å². The molecule has 2 N–H and O–H groups in total. The van der Waals surface area contributed by atoms with Crippen LogP contribution in [0.4, 0.5) is 13.6 Å². The van der Waals surface area contributed by atoms with Gasteiger partial charge >= 0.3 is 6.09 Å². The summed E-state index contributed by atoms with van der Waals surface area (Å²) < 4.78 is 43.3. The van der Waals surface area contributed by atoms with E-state index in [4.69, 9.17) is 9.47 Å². The van der Waals surface area contributed by atoms with Gasteiger partial charge in [0.25, 0.3) is 5.91 Å². The number of methoxy groups -OCH3 is 1. The van der Waals surface area contributed by atoms with E-state index in [1.54, 1.807) is 65.6 Å². The van der Waals surface area contributed by atoms with Crippen LogP contribution in [0.5, 0.6) is 5.75 Å². The monoisotopic (exact) mass is 684 g/mol. The summed E-state index contributed by atoms with van der Waals surface area (Å²) >= 11 is 3.46. The van der Waals surface area contributed by atoms with E-state index in [9.17, 15) is 18.4 Å². The first-order valence-electron chi connectivity index (χ1n) is 14.0. The Morgan fingerprint density at radius 1 is 1.02 bits per heavy atom. The number of fused-ring (bicyclic) bond motifs is 3. The van der Waals surface area contributed by atoms with Crippen molar-refractivity contribution in [3.05, 3.63) is 125 Å². The fourth-order valence-corrected chi connectivity index (χ4v) is 5.88. The zero-order chi connectivity index (χ0) is 31.9. The number of hydrogen-bond acceptors (Lipinski definition) is 6. The fourth-order valence-electron chi connectivity index (χ4n) is 5.42. The predicted molar refractivity (Wildman–Crippen MR) is 167 cm³/mol. The Morgan fingerprint density at radius 3 is 2.63 bits per heavy atom. The Morgan fingerprint density at radius 2 is 1.85 bits per heavy atom. The Bertz CT molecular complexity index is 2110. The number of carbonyl (C=O) groups excluding carboxylic acids is 2. The van der Waals surface area contributed by atoms with E-state index < -0.39 is 35.9 Å². The van der Waals surface area contributed by atoms with Crippen LogP contribution in [0.3, 0.4) is 0 Å². The molecule has 1 amide bonds. The molecule has 3 aromatic carbocycles. The number of nitrogens with one attached hydrogen (secondary N) is 2. The number of aromatic amines is 1. The van der Waals surface area contributed by atoms with E-state index in [0.717, 1.165) is 6.07 Å². The molecule has 230 valence electrons. The number of ether oxygens (including phenoxy) is 2. The summed E-state index contributed by atoms with van der Waals surface area (Å²) in [5, 5.41) is 2.61. The molecule has 0 bridgehead atoms. The minimum absolute atomic E-state index is 0.141. The van der Waals surface area contributed by atoms with Gasteiger partial charge in [0.05, 0.1) is 36.5 Å². The zero-order valence-electron chi connectivity index (χ0n) is 23.9. The summed E-state index contributed by atoms with van der Waals surface area (Å²) in [6.45, 7) is 0. The number of amides is 1. The van der Waals surface area contributed by atoms with E-state index in [0.29, 0.717) is 50.1 Å². The second-order valence-electron chi connectivity index (χ2n) is 10.3. The number of carbonyl (C=O) groups is 2. The van der Waals surface area contributed by atoms with Crippen molar-refractivity contribution in [3.63, 3.8) is 0 Å². The van der Waals surface area contributed by atoms with E-state index in [-0.39, 0.29) is 5.56 Å². The summed E-state index contributed by atoms with van der Waals surface area (Å²) in [6, 6.07) is 20.1. The van der Waals surface area contributed by atoms with Crippen LogP contribution in [0, 0.1) is 11.6 Å². The standard InChI is InChI=1S/C33H23BrF2N6O4/c1-45-33(44)40-28(18-6-3-2-4-7-18)31(43)41-13-5-8-25(41)29-37-16-24(39-29)19-9-11-22-26(14-19)46-32(42-27(34)17-38-30(22)42)21-12-10-20(35)15-23(21)36/h2-17,28,32H,1H3,(H,37,39)(H,40,44)/t28-,32-/m0/s1. The number of hydrogen-bond donors (Lipinski definition) is 2. The molecule has 0 radical (unpaired) electrons. The van der Waals surface area contributed by atoms with Gasteiger partial charge in [-0.1, -0.05) is 36.4 Å². The van der Waals surface area contributed by atoms with Gasteiger partial charge in [-0.2, -0.15) is 0 Å². The summed E-state index contributed by atoms with van der Waals surface area (Å²) in [5.74, 6) is -0.471. The molecule has 4 heterocycles. The molecule has 0 saturated carbocycles. The van der Waals surface area contributed by atoms with Crippen molar-refractivity contribution in [3.8, 4) is 39.9 Å². The van der Waals surface area contributed by atoms with Crippen molar-refractivity contribution < 1.29 is 27.8 Å². The van der Waals surface area contributed by atoms with Gasteiger partial charge in [0.2, 0.25) is 6.23 Å². The number of halogens is 3. The number of rotatable bonds is 6. The van der Waals surface area contributed by atoms with E-state index in [1.807, 2.05) is 18.2 Å². The number of H-pyrrole nitrogens is 1. The van der Waals surface area contributed by atoms with Crippen molar-refractivity contribution in [2.45, 2.75) is 12.3 Å². The van der Waals surface area contributed by atoms with Gasteiger partial charge in [-0.15, -0.1) is 0 Å². The lowest BCUT2D eigenvalue weighted by molar-refractivity contribution is 0.0851. The maximum absolute atomic E-state index is 14.9. The number of alkyl carbamates (subject to hydrolysis) is 1. The SMILES string of the molecule is COC(=O)N[C@H](C(=O)n1cccc1-c1ncc(-c2ccc3c(c2)O[C@@H](c2ccc(F)cc2F)n2c(Br)cnc2-3)[nH]1)c1ccccc1. The lowest BCUT2D eigenvalue weighted by Crippen LogP contribution is -2.36. The molecule has 1 aliphatic rings. The maximum Gasteiger partial charge on any atom is 0.407 e. The molecule has 10 nitrogen and oxygen atoms in total. The largest absolute Gasteiger partial charge is 0.465 e. The first kappa shape index (κ1) is 29.2. The van der Waals surface area contributed by atoms with Gasteiger partial charge in [0.1, 0.15) is 33.9 Å². The van der Waals surface area contributed by atoms with Crippen LogP contribution < -0.4 is 10.1 Å². The molecular weight excluding hydrogens is 662 g/mol. The van der Waals surface area contributed by atoms with E-state index in [1.165, 1.54) is 23.8 Å². The molecule has 6 aromatic rings. The smallest absolute Gasteiger partial charge is 0.407 e. The molecular formula is C33H23BrF2N6O4. The van der Waals surface area contributed by atoms with Crippen LogP contribution >= 0.6 is 15.9 Å². The van der Waals surface area contributed by atoms with Crippen LogP contribution in [0.1, 0.15) is 28.2 Å². The van der Waals surface area contributed by atoms with Crippen LogP contribution in [0.25, 0.3) is 34.2 Å². The number of aromatic nitrogens is 5. The minimum Gasteiger partial charge on any atom is -0.465 e. The number of nitrogens with zero attached hydrogens (tertiary/aromatic N) is 4. The van der Waals surface area contributed by atoms with Gasteiger partial charge in [0.15, 0.2) is 5.82 Å². The van der Waals surface area contributed by atoms with Crippen molar-refractivity contribution in [1.82, 2.24) is 29.4 Å². The molecule has 3 aromatic heterocycles. The highest BCUT2D eigenvalue weighted by Gasteiger charge is 2.32. The fraction of sp³-hybridized carbons (Fsp3) is 0.0909. The average molecular weight is 685 g/mol. The summed E-state index contributed by atoms with van der Waals surface area (Å²) in [7, 11) is 1.23.